The van der Waals surface area contributed by atoms with Crippen molar-refractivity contribution in [3.8, 4) is 0 Å². The molecule has 0 saturated carbocycles. The first-order chi connectivity index (χ1) is 10.1. The maximum atomic E-state index is 12.0. The summed E-state index contributed by atoms with van der Waals surface area (Å²) in [6, 6.07) is 0.286. The fourth-order valence-electron chi connectivity index (χ4n) is 2.72. The van der Waals surface area contributed by atoms with E-state index < -0.39 is 0 Å². The molecule has 1 unspecified atom stereocenters. The van der Waals surface area contributed by atoms with Crippen LogP contribution in [0.4, 0.5) is 0 Å². The molecule has 0 amide bonds. The van der Waals surface area contributed by atoms with Crippen LogP contribution in [0.15, 0.2) is 0 Å². The summed E-state index contributed by atoms with van der Waals surface area (Å²) in [5.74, 6) is -0.0889. The van der Waals surface area contributed by atoms with Crippen LogP contribution in [-0.2, 0) is 9.53 Å². The van der Waals surface area contributed by atoms with Crippen LogP contribution in [-0.4, -0.2) is 72.9 Å². The van der Waals surface area contributed by atoms with Gasteiger partial charge in [0.15, 0.2) is 0 Å². The summed E-state index contributed by atoms with van der Waals surface area (Å²) in [6.07, 6.45) is 2.66. The maximum Gasteiger partial charge on any atom is 0.323 e. The van der Waals surface area contributed by atoms with Crippen LogP contribution in [0.1, 0.15) is 47.0 Å². The van der Waals surface area contributed by atoms with Crippen molar-refractivity contribution in [2.24, 2.45) is 0 Å². The number of esters is 1. The number of carbonyl (C=O) groups excluding carboxylic acids is 1. The molecule has 0 aliphatic carbocycles. The van der Waals surface area contributed by atoms with Gasteiger partial charge in [-0.3, -0.25) is 9.69 Å². The SMILES string of the molecule is CC.CCCN1CC(N(C)CCCO)C[C@H]1C(=O)OCC. The van der Waals surface area contributed by atoms with Crippen molar-refractivity contribution in [3.63, 3.8) is 0 Å². The van der Waals surface area contributed by atoms with E-state index in [4.69, 9.17) is 9.84 Å². The van der Waals surface area contributed by atoms with Crippen molar-refractivity contribution in [2.45, 2.75) is 59.0 Å². The van der Waals surface area contributed by atoms with E-state index in [0.717, 1.165) is 38.9 Å². The monoisotopic (exact) mass is 302 g/mol. The summed E-state index contributed by atoms with van der Waals surface area (Å²) in [4.78, 5) is 16.5. The molecule has 0 aromatic carbocycles. The summed E-state index contributed by atoms with van der Waals surface area (Å²) in [5, 5.41) is 8.89. The quantitative estimate of drug-likeness (QED) is 0.692. The number of aliphatic hydroxyl groups is 1. The lowest BCUT2D eigenvalue weighted by Crippen LogP contribution is -2.38. The first-order valence-corrected chi connectivity index (χ1v) is 8.35. The van der Waals surface area contributed by atoms with Crippen molar-refractivity contribution in [1.29, 1.82) is 0 Å². The van der Waals surface area contributed by atoms with Crippen LogP contribution in [0.2, 0.25) is 0 Å². The lowest BCUT2D eigenvalue weighted by Gasteiger charge is -2.24. The molecule has 1 N–H and O–H groups in total. The van der Waals surface area contributed by atoms with Crippen molar-refractivity contribution < 1.29 is 14.6 Å². The highest BCUT2D eigenvalue weighted by molar-refractivity contribution is 5.76. The first kappa shape index (κ1) is 20.3. The van der Waals surface area contributed by atoms with Crippen molar-refractivity contribution in [1.82, 2.24) is 9.80 Å². The Balaban J connectivity index is 0.00000191. The van der Waals surface area contributed by atoms with Gasteiger partial charge >= 0.3 is 5.97 Å². The van der Waals surface area contributed by atoms with Crippen molar-refractivity contribution in [3.05, 3.63) is 0 Å². The number of likely N-dealkylation sites (N-methyl/N-ethyl adjacent to an activating group) is 1. The zero-order valence-electron chi connectivity index (χ0n) is 14.5. The second-order valence-electron chi connectivity index (χ2n) is 5.21. The van der Waals surface area contributed by atoms with Crippen LogP contribution in [0.3, 0.4) is 0 Å². The molecule has 2 atom stereocenters. The summed E-state index contributed by atoms with van der Waals surface area (Å²) < 4.78 is 5.17. The molecule has 1 aliphatic rings. The predicted molar refractivity (Wildman–Crippen MR) is 86.4 cm³/mol. The lowest BCUT2D eigenvalue weighted by molar-refractivity contribution is -0.148. The molecular formula is C16H34N2O3. The molecule has 1 rings (SSSR count). The molecule has 21 heavy (non-hydrogen) atoms. The Kier molecular flexibility index (Phi) is 11.6. The molecule has 0 spiro atoms. The minimum absolute atomic E-state index is 0.0889. The Morgan fingerprint density at radius 1 is 1.38 bits per heavy atom. The second-order valence-corrected chi connectivity index (χ2v) is 5.21. The van der Waals surface area contributed by atoms with Crippen molar-refractivity contribution in [2.75, 3.05) is 39.9 Å². The van der Waals surface area contributed by atoms with Gasteiger partial charge in [-0.05, 0) is 39.8 Å². The molecule has 0 aromatic heterocycles. The highest BCUT2D eigenvalue weighted by Gasteiger charge is 2.38. The second kappa shape index (κ2) is 12.0. The third-order valence-corrected chi connectivity index (χ3v) is 3.74. The Morgan fingerprint density at radius 3 is 2.57 bits per heavy atom. The fraction of sp³-hybridized carbons (Fsp3) is 0.938. The summed E-state index contributed by atoms with van der Waals surface area (Å²) in [5.41, 5.74) is 0. The topological polar surface area (TPSA) is 53.0 Å². The Morgan fingerprint density at radius 2 is 2.05 bits per heavy atom. The van der Waals surface area contributed by atoms with Crippen LogP contribution in [0.5, 0.6) is 0 Å². The average molecular weight is 302 g/mol. The normalized spacial score (nSPS) is 22.0. The third-order valence-electron chi connectivity index (χ3n) is 3.74. The van der Waals surface area contributed by atoms with E-state index in [0.29, 0.717) is 12.6 Å². The zero-order chi connectivity index (χ0) is 16.3. The van der Waals surface area contributed by atoms with Gasteiger partial charge in [0.25, 0.3) is 0 Å². The Labute approximate surface area is 130 Å². The minimum Gasteiger partial charge on any atom is -0.465 e. The molecule has 126 valence electrons. The molecule has 0 radical (unpaired) electrons. The number of rotatable bonds is 8. The predicted octanol–water partition coefficient (Wildman–Crippen LogP) is 1.74. The van der Waals surface area contributed by atoms with Gasteiger partial charge in [-0.2, -0.15) is 0 Å². The number of ether oxygens (including phenoxy) is 1. The van der Waals surface area contributed by atoms with Gasteiger partial charge in [-0.15, -0.1) is 0 Å². The molecule has 0 aromatic rings. The van der Waals surface area contributed by atoms with Gasteiger partial charge in [0.2, 0.25) is 0 Å². The largest absolute Gasteiger partial charge is 0.465 e. The number of nitrogens with zero attached hydrogens (tertiary/aromatic N) is 2. The molecule has 1 fully saturated rings. The lowest BCUT2D eigenvalue weighted by atomic mass is 10.1. The van der Waals surface area contributed by atoms with Gasteiger partial charge < -0.3 is 14.7 Å². The summed E-state index contributed by atoms with van der Waals surface area (Å²) >= 11 is 0. The average Bonchev–Trinajstić information content (AvgIpc) is 2.92. The van der Waals surface area contributed by atoms with Gasteiger partial charge in [0.1, 0.15) is 6.04 Å². The van der Waals surface area contributed by atoms with E-state index in [1.54, 1.807) is 0 Å². The molecule has 5 heteroatoms. The van der Waals surface area contributed by atoms with E-state index in [9.17, 15) is 4.79 Å². The number of hydrogen-bond acceptors (Lipinski definition) is 5. The van der Waals surface area contributed by atoms with E-state index in [-0.39, 0.29) is 18.6 Å². The minimum atomic E-state index is -0.0959. The van der Waals surface area contributed by atoms with Crippen LogP contribution in [0, 0.1) is 0 Å². The molecule has 0 bridgehead atoms. The summed E-state index contributed by atoms with van der Waals surface area (Å²) in [6.45, 7) is 11.4. The number of likely N-dealkylation sites (tertiary alicyclic amines) is 1. The van der Waals surface area contributed by atoms with Gasteiger partial charge in [0, 0.05) is 25.7 Å². The number of aliphatic hydroxyl groups excluding tert-OH is 1. The molecule has 1 heterocycles. The standard InChI is InChI=1S/C14H28N2O3.C2H6/c1-4-7-16-11-12(15(3)8-6-9-17)10-13(16)14(18)19-5-2;1-2/h12-13,17H,4-11H2,1-3H3;1-2H3/t12?,13-;/m0./s1. The smallest absolute Gasteiger partial charge is 0.323 e. The molecular weight excluding hydrogens is 268 g/mol. The third kappa shape index (κ3) is 6.76. The van der Waals surface area contributed by atoms with Crippen LogP contribution < -0.4 is 0 Å². The van der Waals surface area contributed by atoms with Gasteiger partial charge in [-0.1, -0.05) is 20.8 Å². The van der Waals surface area contributed by atoms with Gasteiger partial charge in [0.05, 0.1) is 6.61 Å². The zero-order valence-corrected chi connectivity index (χ0v) is 14.5. The number of hydrogen-bond donors (Lipinski definition) is 1. The number of carbonyl (C=O) groups is 1. The first-order valence-electron chi connectivity index (χ1n) is 8.35. The van der Waals surface area contributed by atoms with E-state index in [1.807, 2.05) is 20.8 Å². The maximum absolute atomic E-state index is 12.0. The summed E-state index contributed by atoms with van der Waals surface area (Å²) in [7, 11) is 2.07. The van der Waals surface area contributed by atoms with E-state index >= 15 is 0 Å². The van der Waals surface area contributed by atoms with Gasteiger partial charge in [-0.25, -0.2) is 0 Å². The highest BCUT2D eigenvalue weighted by Crippen LogP contribution is 2.23. The molecule has 5 nitrogen and oxygen atoms in total. The van der Waals surface area contributed by atoms with Crippen molar-refractivity contribution >= 4 is 5.97 Å². The molecule has 1 aliphatic heterocycles. The fourth-order valence-corrected chi connectivity index (χ4v) is 2.72. The Bertz CT molecular complexity index is 274. The van der Waals surface area contributed by atoms with E-state index in [2.05, 4.69) is 23.8 Å². The van der Waals surface area contributed by atoms with Crippen LogP contribution >= 0.6 is 0 Å². The highest BCUT2D eigenvalue weighted by atomic mass is 16.5. The van der Waals surface area contributed by atoms with Crippen LogP contribution in [0.25, 0.3) is 0 Å². The van der Waals surface area contributed by atoms with E-state index in [1.165, 1.54) is 0 Å². The molecule has 1 saturated heterocycles. The Hall–Kier alpha value is -0.650.